The lowest BCUT2D eigenvalue weighted by Gasteiger charge is -2.06. The summed E-state index contributed by atoms with van der Waals surface area (Å²) in [5.41, 5.74) is 3.11. The number of hydrogen-bond acceptors (Lipinski definition) is 2. The summed E-state index contributed by atoms with van der Waals surface area (Å²) < 4.78 is 0. The molecule has 0 aliphatic carbocycles. The van der Waals surface area contributed by atoms with Crippen molar-refractivity contribution in [3.8, 4) is 0 Å². The number of aromatic nitrogens is 1. The average Bonchev–Trinajstić information content (AvgIpc) is 2.52. The van der Waals surface area contributed by atoms with E-state index in [0.717, 1.165) is 12.0 Å². The van der Waals surface area contributed by atoms with Gasteiger partial charge in [-0.2, -0.15) is 0 Å². The van der Waals surface area contributed by atoms with Crippen molar-refractivity contribution in [3.05, 3.63) is 65.5 Å². The molecular weight excluding hydrogens is 284 g/mol. The Labute approximate surface area is 132 Å². The van der Waals surface area contributed by atoms with Gasteiger partial charge in [0.15, 0.2) is 0 Å². The highest BCUT2D eigenvalue weighted by atomic mass is 35.5. The second kappa shape index (κ2) is 9.14. The van der Waals surface area contributed by atoms with Crippen molar-refractivity contribution in [2.45, 2.75) is 32.7 Å². The maximum absolute atomic E-state index is 11.9. The minimum atomic E-state index is -0.0672. The van der Waals surface area contributed by atoms with Crippen LogP contribution in [0.25, 0.3) is 0 Å². The van der Waals surface area contributed by atoms with E-state index in [9.17, 15) is 4.79 Å². The van der Waals surface area contributed by atoms with Gasteiger partial charge >= 0.3 is 0 Å². The molecule has 112 valence electrons. The molecule has 1 N–H and O–H groups in total. The third-order valence-electron chi connectivity index (χ3n) is 3.24. The molecule has 1 aromatic heterocycles. The summed E-state index contributed by atoms with van der Waals surface area (Å²) in [6.45, 7) is 2.75. The van der Waals surface area contributed by atoms with Crippen molar-refractivity contribution in [1.82, 2.24) is 10.3 Å². The lowest BCUT2D eigenvalue weighted by atomic mass is 10.1. The fraction of sp³-hybridized carbons (Fsp3) is 0.294. The number of nitrogens with zero attached hydrogens (tertiary/aromatic N) is 1. The van der Waals surface area contributed by atoms with Crippen LogP contribution in [0.5, 0.6) is 0 Å². The van der Waals surface area contributed by atoms with E-state index in [1.165, 1.54) is 18.4 Å². The molecule has 0 unspecified atom stereocenters. The zero-order chi connectivity index (χ0) is 14.2. The molecule has 1 amide bonds. The number of rotatable bonds is 6. The van der Waals surface area contributed by atoms with Gasteiger partial charge in [0.25, 0.3) is 5.91 Å². The van der Waals surface area contributed by atoms with Crippen molar-refractivity contribution < 1.29 is 4.79 Å². The van der Waals surface area contributed by atoms with E-state index in [4.69, 9.17) is 0 Å². The van der Waals surface area contributed by atoms with Crippen molar-refractivity contribution in [3.63, 3.8) is 0 Å². The quantitative estimate of drug-likeness (QED) is 0.882. The SMILES string of the molecule is CCCCc1ccc(CNC(=O)c2ccncc2)cc1.Cl. The lowest BCUT2D eigenvalue weighted by molar-refractivity contribution is 0.0951. The highest BCUT2D eigenvalue weighted by Crippen LogP contribution is 2.08. The van der Waals surface area contributed by atoms with Crippen molar-refractivity contribution >= 4 is 18.3 Å². The van der Waals surface area contributed by atoms with Gasteiger partial charge < -0.3 is 5.32 Å². The number of carbonyl (C=O) groups is 1. The van der Waals surface area contributed by atoms with E-state index >= 15 is 0 Å². The van der Waals surface area contributed by atoms with E-state index < -0.39 is 0 Å². The van der Waals surface area contributed by atoms with Gasteiger partial charge in [0.2, 0.25) is 0 Å². The van der Waals surface area contributed by atoms with Gasteiger partial charge in [-0.05, 0) is 36.1 Å². The fourth-order valence-electron chi connectivity index (χ4n) is 1.99. The molecule has 2 aromatic rings. The van der Waals surface area contributed by atoms with Crippen molar-refractivity contribution in [2.24, 2.45) is 0 Å². The van der Waals surface area contributed by atoms with Gasteiger partial charge in [-0.15, -0.1) is 12.4 Å². The average molecular weight is 305 g/mol. The van der Waals surface area contributed by atoms with E-state index in [0.29, 0.717) is 12.1 Å². The summed E-state index contributed by atoms with van der Waals surface area (Å²) in [7, 11) is 0. The Balaban J connectivity index is 0.00000220. The predicted molar refractivity (Wildman–Crippen MR) is 87.7 cm³/mol. The first kappa shape index (κ1) is 17.2. The highest BCUT2D eigenvalue weighted by Gasteiger charge is 2.04. The first-order chi connectivity index (χ1) is 9.79. The molecule has 0 saturated heterocycles. The van der Waals surface area contributed by atoms with E-state index in [1.54, 1.807) is 24.5 Å². The monoisotopic (exact) mass is 304 g/mol. The molecule has 0 aliphatic rings. The number of halogens is 1. The van der Waals surface area contributed by atoms with E-state index in [-0.39, 0.29) is 18.3 Å². The summed E-state index contributed by atoms with van der Waals surface area (Å²) in [6, 6.07) is 11.9. The van der Waals surface area contributed by atoms with Crippen LogP contribution in [0.15, 0.2) is 48.8 Å². The van der Waals surface area contributed by atoms with Gasteiger partial charge in [-0.1, -0.05) is 37.6 Å². The molecule has 0 spiro atoms. The van der Waals surface area contributed by atoms with Gasteiger partial charge in [-0.25, -0.2) is 0 Å². The molecule has 0 saturated carbocycles. The topological polar surface area (TPSA) is 42.0 Å². The Kier molecular flexibility index (Phi) is 7.48. The van der Waals surface area contributed by atoms with Crippen molar-refractivity contribution in [2.75, 3.05) is 0 Å². The van der Waals surface area contributed by atoms with E-state index in [1.807, 2.05) is 0 Å². The fourth-order valence-corrected chi connectivity index (χ4v) is 1.99. The van der Waals surface area contributed by atoms with Gasteiger partial charge in [0.1, 0.15) is 0 Å². The van der Waals surface area contributed by atoms with Crippen LogP contribution >= 0.6 is 12.4 Å². The number of amides is 1. The van der Waals surface area contributed by atoms with E-state index in [2.05, 4.69) is 41.5 Å². The number of aryl methyl sites for hydroxylation is 1. The van der Waals surface area contributed by atoms with Crippen LogP contribution in [0, 0.1) is 0 Å². The van der Waals surface area contributed by atoms with Gasteiger partial charge in [0, 0.05) is 24.5 Å². The largest absolute Gasteiger partial charge is 0.348 e. The third-order valence-corrected chi connectivity index (χ3v) is 3.24. The molecule has 2 rings (SSSR count). The Morgan fingerprint density at radius 2 is 1.67 bits per heavy atom. The van der Waals surface area contributed by atoms with Crippen LogP contribution in [0.2, 0.25) is 0 Å². The normalized spacial score (nSPS) is 9.76. The molecule has 0 bridgehead atoms. The summed E-state index contributed by atoms with van der Waals surface area (Å²) in [5.74, 6) is -0.0672. The standard InChI is InChI=1S/C17H20N2O.ClH/c1-2-3-4-14-5-7-15(8-6-14)13-19-17(20)16-9-11-18-12-10-16;/h5-12H,2-4,13H2,1H3,(H,19,20);1H. The van der Waals surface area contributed by atoms with Crippen LogP contribution in [0.1, 0.15) is 41.3 Å². The third kappa shape index (κ3) is 5.56. The first-order valence-corrected chi connectivity index (χ1v) is 7.05. The molecule has 0 fully saturated rings. The molecule has 21 heavy (non-hydrogen) atoms. The molecule has 1 heterocycles. The summed E-state index contributed by atoms with van der Waals surface area (Å²) in [6.07, 6.45) is 6.80. The first-order valence-electron chi connectivity index (χ1n) is 7.05. The zero-order valence-corrected chi connectivity index (χ0v) is 13.0. The Morgan fingerprint density at radius 1 is 1.05 bits per heavy atom. The maximum atomic E-state index is 11.9. The second-order valence-corrected chi connectivity index (χ2v) is 4.84. The summed E-state index contributed by atoms with van der Waals surface area (Å²) in [5, 5.41) is 2.91. The molecule has 0 aliphatic heterocycles. The summed E-state index contributed by atoms with van der Waals surface area (Å²) >= 11 is 0. The smallest absolute Gasteiger partial charge is 0.251 e. The molecular formula is C17H21ClN2O. The maximum Gasteiger partial charge on any atom is 0.251 e. The van der Waals surface area contributed by atoms with Crippen LogP contribution in [-0.4, -0.2) is 10.9 Å². The van der Waals surface area contributed by atoms with Crippen LogP contribution in [-0.2, 0) is 13.0 Å². The Morgan fingerprint density at radius 3 is 2.29 bits per heavy atom. The van der Waals surface area contributed by atoms with Crippen LogP contribution < -0.4 is 5.32 Å². The predicted octanol–water partition coefficient (Wildman–Crippen LogP) is 3.78. The molecule has 1 aromatic carbocycles. The zero-order valence-electron chi connectivity index (χ0n) is 12.2. The number of carbonyl (C=O) groups excluding carboxylic acids is 1. The van der Waals surface area contributed by atoms with Gasteiger partial charge in [-0.3, -0.25) is 9.78 Å². The van der Waals surface area contributed by atoms with Crippen LogP contribution in [0.4, 0.5) is 0 Å². The molecule has 0 radical (unpaired) electrons. The number of unbranched alkanes of at least 4 members (excludes halogenated alkanes) is 1. The van der Waals surface area contributed by atoms with Crippen molar-refractivity contribution in [1.29, 1.82) is 0 Å². The number of nitrogens with one attached hydrogen (secondary N) is 1. The second-order valence-electron chi connectivity index (χ2n) is 4.84. The summed E-state index contributed by atoms with van der Waals surface area (Å²) in [4.78, 5) is 15.8. The lowest BCUT2D eigenvalue weighted by Crippen LogP contribution is -2.22. The Bertz CT molecular complexity index is 540. The molecule has 4 heteroatoms. The number of pyridine rings is 1. The minimum absolute atomic E-state index is 0. The number of hydrogen-bond donors (Lipinski definition) is 1. The van der Waals surface area contributed by atoms with Gasteiger partial charge in [0.05, 0.1) is 0 Å². The van der Waals surface area contributed by atoms with Crippen LogP contribution in [0.3, 0.4) is 0 Å². The highest BCUT2D eigenvalue weighted by molar-refractivity contribution is 5.93. The minimum Gasteiger partial charge on any atom is -0.348 e. The molecule has 3 nitrogen and oxygen atoms in total. The molecule has 0 atom stereocenters. The number of benzene rings is 1. The Hall–Kier alpha value is -1.87.